The van der Waals surface area contributed by atoms with Crippen LogP contribution in [-0.2, 0) is 11.3 Å². The molecule has 0 radical (unpaired) electrons. The molecule has 2 aromatic rings. The topological polar surface area (TPSA) is 47.9 Å². The minimum atomic E-state index is 0.503. The number of hydrogen-bond donors (Lipinski definition) is 0. The van der Waals surface area contributed by atoms with Gasteiger partial charge in [-0.3, -0.25) is 4.98 Å². The highest BCUT2D eigenvalue weighted by molar-refractivity contribution is 5.58. The second kappa shape index (κ2) is 4.82. The Balaban J connectivity index is 1.86. The fourth-order valence-corrected chi connectivity index (χ4v) is 1.96. The van der Waals surface area contributed by atoms with Crippen molar-refractivity contribution in [2.75, 3.05) is 7.11 Å². The molecule has 18 heavy (non-hydrogen) atoms. The van der Waals surface area contributed by atoms with Crippen molar-refractivity contribution in [1.29, 1.82) is 0 Å². The van der Waals surface area contributed by atoms with Crippen molar-refractivity contribution < 1.29 is 4.74 Å². The van der Waals surface area contributed by atoms with Crippen LogP contribution in [0.3, 0.4) is 0 Å². The van der Waals surface area contributed by atoms with Gasteiger partial charge in [-0.2, -0.15) is 0 Å². The second-order valence-corrected chi connectivity index (χ2v) is 4.57. The van der Waals surface area contributed by atoms with Crippen LogP contribution in [-0.4, -0.2) is 22.1 Å². The van der Waals surface area contributed by atoms with E-state index in [0.717, 1.165) is 17.0 Å². The third-order valence-corrected chi connectivity index (χ3v) is 3.09. The van der Waals surface area contributed by atoms with E-state index in [4.69, 9.17) is 4.74 Å². The van der Waals surface area contributed by atoms with E-state index in [1.165, 1.54) is 18.5 Å². The molecule has 0 aromatic carbocycles. The Bertz CT molecular complexity index is 535. The van der Waals surface area contributed by atoms with Crippen LogP contribution in [0, 0.1) is 0 Å². The van der Waals surface area contributed by atoms with Gasteiger partial charge < -0.3 is 4.74 Å². The van der Waals surface area contributed by atoms with Gasteiger partial charge in [0.2, 0.25) is 0 Å². The number of pyridine rings is 1. The Morgan fingerprint density at radius 1 is 1.22 bits per heavy atom. The van der Waals surface area contributed by atoms with Crippen molar-refractivity contribution >= 4 is 0 Å². The first-order valence-electron chi connectivity index (χ1n) is 6.13. The maximum atomic E-state index is 5.07. The average Bonchev–Trinajstić information content (AvgIpc) is 3.24. The second-order valence-electron chi connectivity index (χ2n) is 4.57. The van der Waals surface area contributed by atoms with Crippen LogP contribution < -0.4 is 0 Å². The Kier molecular flexibility index (Phi) is 3.02. The van der Waals surface area contributed by atoms with Crippen LogP contribution in [0.2, 0.25) is 0 Å². The molecular weight excluding hydrogens is 226 g/mol. The molecule has 92 valence electrons. The average molecular weight is 241 g/mol. The number of rotatable bonds is 4. The van der Waals surface area contributed by atoms with Crippen molar-refractivity contribution in [2.24, 2.45) is 0 Å². The molecule has 2 heterocycles. The molecule has 0 spiro atoms. The van der Waals surface area contributed by atoms with E-state index in [0.29, 0.717) is 12.5 Å². The summed E-state index contributed by atoms with van der Waals surface area (Å²) in [6, 6.07) is 6.13. The van der Waals surface area contributed by atoms with Crippen molar-refractivity contribution in [3.63, 3.8) is 0 Å². The molecule has 1 aliphatic rings. The molecule has 2 aromatic heterocycles. The predicted molar refractivity (Wildman–Crippen MR) is 68.0 cm³/mol. The number of aromatic nitrogens is 3. The summed E-state index contributed by atoms with van der Waals surface area (Å²) < 4.78 is 5.07. The van der Waals surface area contributed by atoms with E-state index in [2.05, 4.69) is 27.1 Å². The number of nitrogens with zero attached hydrogens (tertiary/aromatic N) is 3. The summed E-state index contributed by atoms with van der Waals surface area (Å²) in [6.07, 6.45) is 6.01. The lowest BCUT2D eigenvalue weighted by molar-refractivity contribution is 0.181. The van der Waals surface area contributed by atoms with Gasteiger partial charge >= 0.3 is 0 Å². The Labute approximate surface area is 106 Å². The van der Waals surface area contributed by atoms with Gasteiger partial charge in [0.15, 0.2) is 0 Å². The predicted octanol–water partition coefficient (Wildman–Crippen LogP) is 2.56. The van der Waals surface area contributed by atoms with Crippen LogP contribution in [0.5, 0.6) is 0 Å². The summed E-state index contributed by atoms with van der Waals surface area (Å²) in [6.45, 7) is 0.503. The maximum absolute atomic E-state index is 5.07. The minimum Gasteiger partial charge on any atom is -0.378 e. The van der Waals surface area contributed by atoms with E-state index in [9.17, 15) is 0 Å². The van der Waals surface area contributed by atoms with Crippen LogP contribution in [0.1, 0.15) is 30.1 Å². The zero-order chi connectivity index (χ0) is 12.4. The van der Waals surface area contributed by atoms with E-state index in [1.54, 1.807) is 13.4 Å². The van der Waals surface area contributed by atoms with Crippen LogP contribution in [0.15, 0.2) is 30.7 Å². The van der Waals surface area contributed by atoms with Crippen molar-refractivity contribution in [3.05, 3.63) is 42.1 Å². The largest absolute Gasteiger partial charge is 0.378 e. The van der Waals surface area contributed by atoms with Gasteiger partial charge in [0.05, 0.1) is 18.0 Å². The van der Waals surface area contributed by atoms with E-state index in [1.807, 2.05) is 12.3 Å². The molecular formula is C14H15N3O. The summed E-state index contributed by atoms with van der Waals surface area (Å²) >= 11 is 0. The summed E-state index contributed by atoms with van der Waals surface area (Å²) in [4.78, 5) is 12.9. The maximum Gasteiger partial charge on any atom is 0.116 e. The highest BCUT2D eigenvalue weighted by atomic mass is 16.5. The van der Waals surface area contributed by atoms with Crippen LogP contribution >= 0.6 is 0 Å². The molecule has 0 bridgehead atoms. The molecule has 0 aliphatic heterocycles. The van der Waals surface area contributed by atoms with Crippen LogP contribution in [0.4, 0.5) is 0 Å². The standard InChI is InChI=1S/C14H15N3O/c1-18-8-12-6-14(17-9-16-12)11-4-5-13(15-7-11)10-2-3-10/h4-7,9-10H,2-3,8H2,1H3. The van der Waals surface area contributed by atoms with Crippen molar-refractivity contribution in [1.82, 2.24) is 15.0 Å². The first-order chi connectivity index (χ1) is 8.86. The highest BCUT2D eigenvalue weighted by Crippen LogP contribution is 2.39. The fraction of sp³-hybridized carbons (Fsp3) is 0.357. The summed E-state index contributed by atoms with van der Waals surface area (Å²) in [5.41, 5.74) is 4.00. The quantitative estimate of drug-likeness (QED) is 0.825. The van der Waals surface area contributed by atoms with E-state index >= 15 is 0 Å². The van der Waals surface area contributed by atoms with Gasteiger partial charge in [-0.25, -0.2) is 9.97 Å². The Morgan fingerprint density at radius 3 is 2.78 bits per heavy atom. The monoisotopic (exact) mass is 241 g/mol. The summed E-state index contributed by atoms with van der Waals surface area (Å²) in [7, 11) is 1.66. The minimum absolute atomic E-state index is 0.503. The zero-order valence-electron chi connectivity index (χ0n) is 10.3. The lowest BCUT2D eigenvalue weighted by Gasteiger charge is -2.04. The number of ether oxygens (including phenoxy) is 1. The highest BCUT2D eigenvalue weighted by Gasteiger charge is 2.24. The molecule has 0 amide bonds. The van der Waals surface area contributed by atoms with Gasteiger partial charge in [-0.15, -0.1) is 0 Å². The molecule has 0 unspecified atom stereocenters. The molecule has 1 fully saturated rings. The number of methoxy groups -OCH3 is 1. The molecule has 0 saturated heterocycles. The molecule has 3 rings (SSSR count). The lowest BCUT2D eigenvalue weighted by Crippen LogP contribution is -1.95. The van der Waals surface area contributed by atoms with Gasteiger partial charge in [-0.05, 0) is 31.0 Å². The summed E-state index contributed by atoms with van der Waals surface area (Å²) in [5, 5.41) is 0. The van der Waals surface area contributed by atoms with E-state index < -0.39 is 0 Å². The van der Waals surface area contributed by atoms with Gasteiger partial charge in [0, 0.05) is 30.5 Å². The first-order valence-corrected chi connectivity index (χ1v) is 6.13. The normalized spacial score (nSPS) is 14.7. The molecule has 4 heteroatoms. The fourth-order valence-electron chi connectivity index (χ4n) is 1.96. The zero-order valence-corrected chi connectivity index (χ0v) is 10.3. The third-order valence-electron chi connectivity index (χ3n) is 3.09. The molecule has 1 aliphatic carbocycles. The van der Waals surface area contributed by atoms with Crippen LogP contribution in [0.25, 0.3) is 11.3 Å². The molecule has 1 saturated carbocycles. The van der Waals surface area contributed by atoms with Crippen molar-refractivity contribution in [3.8, 4) is 11.3 Å². The smallest absolute Gasteiger partial charge is 0.116 e. The lowest BCUT2D eigenvalue weighted by atomic mass is 10.1. The Morgan fingerprint density at radius 2 is 2.11 bits per heavy atom. The summed E-state index contributed by atoms with van der Waals surface area (Å²) in [5.74, 6) is 0.688. The molecule has 4 nitrogen and oxygen atoms in total. The number of hydrogen-bond acceptors (Lipinski definition) is 4. The van der Waals surface area contributed by atoms with E-state index in [-0.39, 0.29) is 0 Å². The molecule has 0 N–H and O–H groups in total. The first kappa shape index (κ1) is 11.3. The van der Waals surface area contributed by atoms with Crippen molar-refractivity contribution in [2.45, 2.75) is 25.4 Å². The third kappa shape index (κ3) is 2.38. The van der Waals surface area contributed by atoms with Gasteiger partial charge in [0.25, 0.3) is 0 Å². The SMILES string of the molecule is COCc1cc(-c2ccc(C3CC3)nc2)ncn1. The van der Waals surface area contributed by atoms with Gasteiger partial charge in [0.1, 0.15) is 6.33 Å². The Hall–Kier alpha value is -1.81. The molecule has 0 atom stereocenters. The van der Waals surface area contributed by atoms with Gasteiger partial charge in [-0.1, -0.05) is 0 Å².